The molecule has 0 radical (unpaired) electrons. The van der Waals surface area contributed by atoms with Gasteiger partial charge in [-0.2, -0.15) is 0 Å². The summed E-state index contributed by atoms with van der Waals surface area (Å²) in [6.45, 7) is -0.0283. The molecule has 0 heterocycles. The van der Waals surface area contributed by atoms with Crippen molar-refractivity contribution in [2.45, 2.75) is 6.54 Å². The lowest BCUT2D eigenvalue weighted by atomic mass is 10.2. The minimum atomic E-state index is -0.532. The molecule has 6 nitrogen and oxygen atoms in total. The SMILES string of the molecule is O=C(COc1cccc([N+](=O)[O-])c1)NCc1ccc(Cl)cc1Cl. The van der Waals surface area contributed by atoms with Crippen molar-refractivity contribution in [1.82, 2.24) is 5.32 Å². The molecule has 0 aliphatic rings. The number of rotatable bonds is 6. The first kappa shape index (κ1) is 17.1. The average molecular weight is 355 g/mol. The zero-order valence-electron chi connectivity index (χ0n) is 11.8. The number of hydrogen-bond acceptors (Lipinski definition) is 4. The fraction of sp³-hybridized carbons (Fsp3) is 0.133. The summed E-state index contributed by atoms with van der Waals surface area (Å²) < 4.78 is 5.23. The van der Waals surface area contributed by atoms with Gasteiger partial charge in [0.15, 0.2) is 6.61 Å². The van der Waals surface area contributed by atoms with Crippen molar-refractivity contribution in [3.8, 4) is 5.75 Å². The zero-order valence-corrected chi connectivity index (χ0v) is 13.3. The van der Waals surface area contributed by atoms with Crippen LogP contribution in [-0.2, 0) is 11.3 Å². The normalized spacial score (nSPS) is 10.2. The van der Waals surface area contributed by atoms with Gasteiger partial charge in [0, 0.05) is 22.7 Å². The van der Waals surface area contributed by atoms with Crippen LogP contribution >= 0.6 is 23.2 Å². The van der Waals surface area contributed by atoms with E-state index in [0.717, 1.165) is 5.56 Å². The molecular weight excluding hydrogens is 343 g/mol. The molecule has 8 heteroatoms. The number of non-ortho nitro benzene ring substituents is 1. The van der Waals surface area contributed by atoms with E-state index in [1.807, 2.05) is 0 Å². The van der Waals surface area contributed by atoms with Crippen LogP contribution < -0.4 is 10.1 Å². The summed E-state index contributed by atoms with van der Waals surface area (Å²) in [4.78, 5) is 21.9. The molecular formula is C15H12Cl2N2O4. The van der Waals surface area contributed by atoms with Gasteiger partial charge in [-0.15, -0.1) is 0 Å². The van der Waals surface area contributed by atoms with E-state index in [1.165, 1.54) is 24.3 Å². The van der Waals surface area contributed by atoms with Crippen LogP contribution in [0.3, 0.4) is 0 Å². The van der Waals surface area contributed by atoms with Crippen molar-refractivity contribution in [2.24, 2.45) is 0 Å². The van der Waals surface area contributed by atoms with Crippen molar-refractivity contribution in [2.75, 3.05) is 6.61 Å². The van der Waals surface area contributed by atoms with Gasteiger partial charge < -0.3 is 10.1 Å². The smallest absolute Gasteiger partial charge is 0.273 e. The fourth-order valence-corrected chi connectivity index (χ4v) is 2.22. The molecule has 2 aromatic rings. The zero-order chi connectivity index (χ0) is 16.8. The molecule has 0 atom stereocenters. The Bertz CT molecular complexity index is 737. The van der Waals surface area contributed by atoms with E-state index in [0.29, 0.717) is 10.0 Å². The molecule has 0 unspecified atom stereocenters. The van der Waals surface area contributed by atoms with Crippen LogP contribution in [-0.4, -0.2) is 17.4 Å². The van der Waals surface area contributed by atoms with E-state index in [2.05, 4.69) is 5.32 Å². The number of benzene rings is 2. The van der Waals surface area contributed by atoms with Gasteiger partial charge in [0.1, 0.15) is 5.75 Å². The Morgan fingerprint density at radius 1 is 1.22 bits per heavy atom. The second kappa shape index (κ2) is 7.80. The predicted molar refractivity (Wildman–Crippen MR) is 86.9 cm³/mol. The first-order chi connectivity index (χ1) is 11.0. The monoisotopic (exact) mass is 354 g/mol. The third kappa shape index (κ3) is 5.12. The Kier molecular flexibility index (Phi) is 5.78. The number of nitro groups is 1. The molecule has 2 rings (SSSR count). The third-order valence-electron chi connectivity index (χ3n) is 2.89. The molecule has 0 aromatic heterocycles. The molecule has 0 fully saturated rings. The largest absolute Gasteiger partial charge is 0.484 e. The minimum absolute atomic E-state index is 0.101. The van der Waals surface area contributed by atoms with Crippen LogP contribution in [0, 0.1) is 10.1 Å². The van der Waals surface area contributed by atoms with Gasteiger partial charge in [-0.05, 0) is 23.8 Å². The molecule has 1 amide bonds. The highest BCUT2D eigenvalue weighted by Crippen LogP contribution is 2.21. The number of halogens is 2. The summed E-state index contributed by atoms with van der Waals surface area (Å²) >= 11 is 11.8. The highest BCUT2D eigenvalue weighted by molar-refractivity contribution is 6.35. The van der Waals surface area contributed by atoms with Crippen molar-refractivity contribution in [3.63, 3.8) is 0 Å². The fourth-order valence-electron chi connectivity index (χ4n) is 1.75. The summed E-state index contributed by atoms with van der Waals surface area (Å²) in [5, 5.41) is 14.3. The molecule has 0 saturated carbocycles. The highest BCUT2D eigenvalue weighted by Gasteiger charge is 2.09. The van der Waals surface area contributed by atoms with Crippen molar-refractivity contribution in [1.29, 1.82) is 0 Å². The lowest BCUT2D eigenvalue weighted by Crippen LogP contribution is -2.28. The summed E-state index contributed by atoms with van der Waals surface area (Å²) in [5.41, 5.74) is 0.621. The van der Waals surface area contributed by atoms with Gasteiger partial charge >= 0.3 is 0 Å². The van der Waals surface area contributed by atoms with E-state index in [9.17, 15) is 14.9 Å². The standard InChI is InChI=1S/C15H12Cl2N2O4/c16-11-5-4-10(14(17)6-11)8-18-15(20)9-23-13-3-1-2-12(7-13)19(21)22/h1-7H,8-9H2,(H,18,20). The lowest BCUT2D eigenvalue weighted by Gasteiger charge is -2.09. The van der Waals surface area contributed by atoms with E-state index >= 15 is 0 Å². The second-order valence-corrected chi connectivity index (χ2v) is 5.40. The van der Waals surface area contributed by atoms with Crippen LogP contribution in [0.4, 0.5) is 5.69 Å². The van der Waals surface area contributed by atoms with Crippen molar-refractivity contribution >= 4 is 34.8 Å². The minimum Gasteiger partial charge on any atom is -0.484 e. The number of ether oxygens (including phenoxy) is 1. The van der Waals surface area contributed by atoms with Gasteiger partial charge in [-0.1, -0.05) is 35.3 Å². The molecule has 0 bridgehead atoms. The van der Waals surface area contributed by atoms with Crippen molar-refractivity contribution in [3.05, 3.63) is 68.2 Å². The molecule has 0 aliphatic heterocycles. The van der Waals surface area contributed by atoms with E-state index in [4.69, 9.17) is 27.9 Å². The van der Waals surface area contributed by atoms with E-state index in [1.54, 1.807) is 18.2 Å². The summed E-state index contributed by atoms with van der Waals surface area (Å²) in [7, 11) is 0. The third-order valence-corrected chi connectivity index (χ3v) is 3.48. The van der Waals surface area contributed by atoms with E-state index < -0.39 is 4.92 Å². The van der Waals surface area contributed by atoms with Gasteiger partial charge in [-0.25, -0.2) is 0 Å². The predicted octanol–water partition coefficient (Wildman–Crippen LogP) is 3.60. The topological polar surface area (TPSA) is 81.5 Å². The number of nitro benzene ring substituents is 1. The first-order valence-electron chi connectivity index (χ1n) is 6.53. The van der Waals surface area contributed by atoms with Crippen molar-refractivity contribution < 1.29 is 14.5 Å². The van der Waals surface area contributed by atoms with Gasteiger partial charge in [-0.3, -0.25) is 14.9 Å². The van der Waals surface area contributed by atoms with Gasteiger partial charge in [0.25, 0.3) is 11.6 Å². The maximum atomic E-state index is 11.7. The maximum Gasteiger partial charge on any atom is 0.273 e. The molecule has 120 valence electrons. The number of hydrogen-bond donors (Lipinski definition) is 1. The highest BCUT2D eigenvalue weighted by atomic mass is 35.5. The Morgan fingerprint density at radius 3 is 2.70 bits per heavy atom. The average Bonchev–Trinajstić information content (AvgIpc) is 2.52. The number of carbonyl (C=O) groups is 1. The number of carbonyl (C=O) groups excluding carboxylic acids is 1. The Morgan fingerprint density at radius 2 is 2.00 bits per heavy atom. The van der Waals surface area contributed by atoms with E-state index in [-0.39, 0.29) is 30.5 Å². The van der Waals surface area contributed by atoms with Crippen LogP contribution in [0.1, 0.15) is 5.56 Å². The lowest BCUT2D eigenvalue weighted by molar-refractivity contribution is -0.384. The number of amides is 1. The summed E-state index contributed by atoms with van der Waals surface area (Å²) in [6.07, 6.45) is 0. The molecule has 2 aromatic carbocycles. The van der Waals surface area contributed by atoms with Crippen LogP contribution in [0.25, 0.3) is 0 Å². The number of nitrogens with zero attached hydrogens (tertiary/aromatic N) is 1. The number of nitrogens with one attached hydrogen (secondary N) is 1. The molecule has 1 N–H and O–H groups in total. The van der Waals surface area contributed by atoms with Crippen LogP contribution in [0.2, 0.25) is 10.0 Å². The maximum absolute atomic E-state index is 11.7. The second-order valence-electron chi connectivity index (χ2n) is 4.56. The Labute approximate surface area is 142 Å². The van der Waals surface area contributed by atoms with Crippen LogP contribution in [0.15, 0.2) is 42.5 Å². The van der Waals surface area contributed by atoms with Crippen LogP contribution in [0.5, 0.6) is 5.75 Å². The first-order valence-corrected chi connectivity index (χ1v) is 7.29. The molecule has 0 aliphatic carbocycles. The quantitative estimate of drug-likeness (QED) is 0.634. The Balaban J connectivity index is 1.85. The van der Waals surface area contributed by atoms with Gasteiger partial charge in [0.05, 0.1) is 11.0 Å². The summed E-state index contributed by atoms with van der Waals surface area (Å²) in [5.74, 6) is -0.124. The molecule has 23 heavy (non-hydrogen) atoms. The molecule has 0 spiro atoms. The Hall–Kier alpha value is -2.31. The van der Waals surface area contributed by atoms with Gasteiger partial charge in [0.2, 0.25) is 0 Å². The summed E-state index contributed by atoms with van der Waals surface area (Å²) in [6, 6.07) is 10.6. The molecule has 0 saturated heterocycles.